The van der Waals surface area contributed by atoms with Crippen LogP contribution in [-0.2, 0) is 37.0 Å². The number of ether oxygens (including phenoxy) is 3. The van der Waals surface area contributed by atoms with Crippen LogP contribution >= 0.6 is 0 Å². The van der Waals surface area contributed by atoms with Crippen LogP contribution in [0.25, 0.3) is 5.57 Å². The van der Waals surface area contributed by atoms with Gasteiger partial charge in [-0.05, 0) is 24.1 Å². The summed E-state index contributed by atoms with van der Waals surface area (Å²) in [7, 11) is -4.70. The molecule has 2 aromatic carbocycles. The predicted molar refractivity (Wildman–Crippen MR) is 144 cm³/mol. The van der Waals surface area contributed by atoms with Crippen LogP contribution in [0.5, 0.6) is 11.5 Å². The highest BCUT2D eigenvalue weighted by atomic mass is 32.2. The number of benzene rings is 2. The molecule has 2 heterocycles. The van der Waals surface area contributed by atoms with Crippen molar-refractivity contribution in [2.24, 2.45) is 5.92 Å². The second kappa shape index (κ2) is 12.0. The first kappa shape index (κ1) is 30.6. The lowest BCUT2D eigenvalue weighted by Crippen LogP contribution is -2.49. The Bertz CT molecular complexity index is 1600. The fourth-order valence-electron chi connectivity index (χ4n) is 5.28. The number of nitrogens with zero attached hydrogens (tertiary/aromatic N) is 2. The minimum atomic E-state index is -4.97. The molecule has 0 aromatic heterocycles. The number of aryl methyl sites for hydroxylation is 1. The molecule has 0 saturated heterocycles. The molecule has 5 rings (SSSR count). The van der Waals surface area contributed by atoms with E-state index >= 15 is 0 Å². The second-order valence-electron chi connectivity index (χ2n) is 9.61. The van der Waals surface area contributed by atoms with Crippen molar-refractivity contribution in [3.63, 3.8) is 0 Å². The number of para-hydroxylation sites is 1. The zero-order valence-corrected chi connectivity index (χ0v) is 23.5. The maximum Gasteiger partial charge on any atom is 0.418 e. The van der Waals surface area contributed by atoms with Crippen LogP contribution in [0.1, 0.15) is 30.0 Å². The highest BCUT2D eigenvalue weighted by Gasteiger charge is 2.51. The van der Waals surface area contributed by atoms with Crippen molar-refractivity contribution in [3.05, 3.63) is 83.1 Å². The quantitative estimate of drug-likeness (QED) is 0.231. The largest absolute Gasteiger partial charge is 0.461 e. The average molecular weight is 625 g/mol. The van der Waals surface area contributed by atoms with Gasteiger partial charge in [0.25, 0.3) is 0 Å². The topological polar surface area (TPSA) is 135 Å². The first-order chi connectivity index (χ1) is 20.5. The van der Waals surface area contributed by atoms with Crippen LogP contribution < -0.4 is 13.8 Å². The van der Waals surface area contributed by atoms with Crippen molar-refractivity contribution < 1.29 is 55.8 Å². The number of allylic oxidation sites excluding steroid dienone is 4. The van der Waals surface area contributed by atoms with Crippen molar-refractivity contribution in [1.82, 2.24) is 5.39 Å². The van der Waals surface area contributed by atoms with Crippen LogP contribution in [0.15, 0.2) is 66.4 Å². The molecule has 11 nitrogen and oxygen atoms in total. The van der Waals surface area contributed by atoms with Crippen LogP contribution in [-0.4, -0.2) is 55.4 Å². The number of rotatable bonds is 9. The Morgan fingerprint density at radius 1 is 1.07 bits per heavy atom. The van der Waals surface area contributed by atoms with Gasteiger partial charge in [-0.2, -0.15) is 13.2 Å². The molecule has 0 fully saturated rings. The molecule has 15 heteroatoms. The van der Waals surface area contributed by atoms with Gasteiger partial charge < -0.3 is 14.2 Å². The summed E-state index contributed by atoms with van der Waals surface area (Å²) in [6, 6.07) is 7.40. The third-order valence-electron chi connectivity index (χ3n) is 7.10. The number of carbonyl (C=O) groups is 1. The van der Waals surface area contributed by atoms with Crippen LogP contribution in [0.3, 0.4) is 0 Å². The van der Waals surface area contributed by atoms with Crippen molar-refractivity contribution in [3.8, 4) is 11.5 Å². The lowest BCUT2D eigenvalue weighted by Gasteiger charge is -2.41. The molecule has 0 amide bonds. The number of anilines is 1. The number of hydrogen-bond acceptors (Lipinski definition) is 10. The first-order valence-corrected chi connectivity index (χ1v) is 14.7. The minimum Gasteiger partial charge on any atom is -0.461 e. The summed E-state index contributed by atoms with van der Waals surface area (Å²) in [5, 5.41) is 15.5. The van der Waals surface area contributed by atoms with E-state index in [1.165, 1.54) is 18.2 Å². The van der Waals surface area contributed by atoms with E-state index in [-0.39, 0.29) is 36.7 Å². The monoisotopic (exact) mass is 624 g/mol. The third-order valence-corrected chi connectivity index (χ3v) is 9.12. The van der Waals surface area contributed by atoms with Crippen molar-refractivity contribution in [1.29, 1.82) is 0 Å². The SMILES string of the molecule is CCc1ccc(C2=C(C(=O)OCCCON(O)O)N(c3ccccc3C(F)(F)F)S(=O)(=O)C3C=CC=CC23)c2c1OCO2. The van der Waals surface area contributed by atoms with Gasteiger partial charge in [-0.1, -0.05) is 55.5 Å². The second-order valence-corrected chi connectivity index (χ2v) is 11.6. The van der Waals surface area contributed by atoms with E-state index in [1.54, 1.807) is 24.3 Å². The van der Waals surface area contributed by atoms with E-state index in [0.29, 0.717) is 16.5 Å². The number of hydrogen-bond donors (Lipinski definition) is 2. The van der Waals surface area contributed by atoms with Gasteiger partial charge in [-0.3, -0.25) is 15.3 Å². The van der Waals surface area contributed by atoms with E-state index in [1.807, 2.05) is 6.92 Å². The molecule has 2 atom stereocenters. The molecule has 0 radical (unpaired) electrons. The summed E-state index contributed by atoms with van der Waals surface area (Å²) in [4.78, 5) is 18.3. The van der Waals surface area contributed by atoms with Gasteiger partial charge in [0.05, 0.1) is 29.9 Å². The van der Waals surface area contributed by atoms with Gasteiger partial charge in [0.2, 0.25) is 16.8 Å². The van der Waals surface area contributed by atoms with Gasteiger partial charge in [-0.15, -0.1) is 0 Å². The van der Waals surface area contributed by atoms with Gasteiger partial charge >= 0.3 is 12.1 Å². The van der Waals surface area contributed by atoms with E-state index in [2.05, 4.69) is 4.84 Å². The molecule has 43 heavy (non-hydrogen) atoms. The summed E-state index contributed by atoms with van der Waals surface area (Å²) < 4.78 is 88.5. The maximum atomic E-state index is 14.3. The molecule has 230 valence electrons. The van der Waals surface area contributed by atoms with Crippen molar-refractivity contribution in [2.45, 2.75) is 31.2 Å². The Labute approximate surface area is 244 Å². The highest BCUT2D eigenvalue weighted by Crippen LogP contribution is 2.52. The summed E-state index contributed by atoms with van der Waals surface area (Å²) in [6.07, 6.45) is 1.50. The van der Waals surface area contributed by atoms with E-state index in [0.717, 1.165) is 23.8 Å². The van der Waals surface area contributed by atoms with E-state index in [4.69, 9.17) is 24.6 Å². The molecule has 2 N–H and O–H groups in total. The van der Waals surface area contributed by atoms with E-state index in [9.17, 15) is 26.4 Å². The Morgan fingerprint density at radius 2 is 1.79 bits per heavy atom. The number of alkyl halides is 3. The fourth-order valence-corrected chi connectivity index (χ4v) is 7.27. The van der Waals surface area contributed by atoms with Crippen molar-refractivity contribution in [2.75, 3.05) is 24.3 Å². The Morgan fingerprint density at radius 3 is 2.51 bits per heavy atom. The molecule has 0 bridgehead atoms. The molecule has 0 spiro atoms. The number of sulfonamides is 1. The first-order valence-electron chi connectivity index (χ1n) is 13.2. The Balaban J connectivity index is 1.78. The van der Waals surface area contributed by atoms with Crippen LogP contribution in [0.2, 0.25) is 0 Å². The lowest BCUT2D eigenvalue weighted by atomic mass is 9.84. The molecule has 2 aromatic rings. The van der Waals surface area contributed by atoms with Gasteiger partial charge in [0.1, 0.15) is 10.9 Å². The zero-order chi connectivity index (χ0) is 30.9. The standard InChI is InChI=1S/C28H27F3N2O9S/c1-2-17-12-13-19(26-25(17)40-16-41-26)23-18-8-3-6-11-22(18)43(37,38)32(21-10-5-4-9-20(21)28(29,30)31)24(23)27(34)39-14-7-15-42-33(35)36/h3-6,8-13,18,22,35-36H,2,7,14-16H2,1H3. The predicted octanol–water partition coefficient (Wildman–Crippen LogP) is 4.61. The molecule has 2 aliphatic heterocycles. The lowest BCUT2D eigenvalue weighted by molar-refractivity contribution is -0.492. The average Bonchev–Trinajstić information content (AvgIpc) is 3.46. The summed E-state index contributed by atoms with van der Waals surface area (Å²) in [6.45, 7) is 1.04. The number of carbonyl (C=O) groups excluding carboxylic acids is 1. The summed E-state index contributed by atoms with van der Waals surface area (Å²) >= 11 is 0. The summed E-state index contributed by atoms with van der Waals surface area (Å²) in [5.74, 6) is -1.62. The molecule has 0 saturated carbocycles. The molecule has 3 aliphatic rings. The summed E-state index contributed by atoms with van der Waals surface area (Å²) in [5.41, 5.74) is -1.59. The normalized spacial score (nSPS) is 20.5. The Kier molecular flexibility index (Phi) is 8.54. The molecular formula is C28H27F3N2O9S. The third kappa shape index (κ3) is 5.73. The Hall–Kier alpha value is -3.89. The van der Waals surface area contributed by atoms with Crippen LogP contribution in [0.4, 0.5) is 18.9 Å². The van der Waals surface area contributed by atoms with Gasteiger partial charge in [0, 0.05) is 23.5 Å². The van der Waals surface area contributed by atoms with Gasteiger partial charge in [0.15, 0.2) is 11.5 Å². The number of esters is 1. The fraction of sp³-hybridized carbons (Fsp3) is 0.321. The minimum absolute atomic E-state index is 0.0654. The molecule has 2 unspecified atom stereocenters. The van der Waals surface area contributed by atoms with Crippen molar-refractivity contribution >= 4 is 27.3 Å². The molecular weight excluding hydrogens is 597 g/mol. The smallest absolute Gasteiger partial charge is 0.418 e. The highest BCUT2D eigenvalue weighted by molar-refractivity contribution is 7.94. The van der Waals surface area contributed by atoms with Gasteiger partial charge in [-0.25, -0.2) is 17.5 Å². The van der Waals surface area contributed by atoms with Crippen LogP contribution in [0, 0.1) is 5.92 Å². The van der Waals surface area contributed by atoms with E-state index < -0.39 is 62.3 Å². The molecule has 1 aliphatic carbocycles. The number of fused-ring (bicyclic) bond motifs is 2. The zero-order valence-electron chi connectivity index (χ0n) is 22.7. The maximum absolute atomic E-state index is 14.3. The number of halogens is 3.